The van der Waals surface area contributed by atoms with E-state index in [9.17, 15) is 4.79 Å². The first-order valence-corrected chi connectivity index (χ1v) is 9.72. The number of carbonyl (C=O) groups is 1. The van der Waals surface area contributed by atoms with Crippen LogP contribution in [0.15, 0.2) is 55.6 Å². The second-order valence-corrected chi connectivity index (χ2v) is 7.45. The van der Waals surface area contributed by atoms with E-state index < -0.39 is 5.60 Å². The first-order valence-electron chi connectivity index (χ1n) is 9.72. The number of benzene rings is 1. The lowest BCUT2D eigenvalue weighted by Crippen LogP contribution is -2.52. The van der Waals surface area contributed by atoms with Crippen LogP contribution in [0.25, 0.3) is 0 Å². The molecular weight excluding hydrogens is 322 g/mol. The Morgan fingerprint density at radius 3 is 2.50 bits per heavy atom. The molecule has 3 nitrogen and oxygen atoms in total. The highest BCUT2D eigenvalue weighted by atomic mass is 16.6. The van der Waals surface area contributed by atoms with Crippen molar-refractivity contribution in [1.29, 1.82) is 0 Å². The monoisotopic (exact) mass is 355 g/mol. The summed E-state index contributed by atoms with van der Waals surface area (Å²) in [7, 11) is 0. The van der Waals surface area contributed by atoms with Crippen molar-refractivity contribution in [2.24, 2.45) is 5.92 Å². The molecule has 0 aromatic heterocycles. The topological polar surface area (TPSA) is 29.5 Å². The second-order valence-electron chi connectivity index (χ2n) is 7.45. The Morgan fingerprint density at radius 1 is 1.27 bits per heavy atom. The van der Waals surface area contributed by atoms with Crippen LogP contribution in [0, 0.1) is 5.92 Å². The average Bonchev–Trinajstić information content (AvgIpc) is 2.62. The van der Waals surface area contributed by atoms with Gasteiger partial charge in [0, 0.05) is 38.4 Å². The highest BCUT2D eigenvalue weighted by Gasteiger charge is 2.48. The lowest BCUT2D eigenvalue weighted by Gasteiger charge is -2.48. The van der Waals surface area contributed by atoms with Gasteiger partial charge in [0.25, 0.3) is 0 Å². The molecular formula is C23H33NO2. The minimum Gasteiger partial charge on any atom is -0.458 e. The Labute approximate surface area is 158 Å². The van der Waals surface area contributed by atoms with Crippen LogP contribution in [-0.4, -0.2) is 36.1 Å². The molecule has 1 aliphatic rings. The second kappa shape index (κ2) is 9.72. The van der Waals surface area contributed by atoms with Gasteiger partial charge >= 0.3 is 5.97 Å². The molecule has 3 atom stereocenters. The minimum atomic E-state index is -0.452. The van der Waals surface area contributed by atoms with E-state index in [1.54, 1.807) is 0 Å². The summed E-state index contributed by atoms with van der Waals surface area (Å²) in [6, 6.07) is 10.5. The Balaban J connectivity index is 2.35. The molecule has 0 saturated heterocycles. The number of carbonyl (C=O) groups excluding carboxylic acids is 1. The van der Waals surface area contributed by atoms with E-state index in [4.69, 9.17) is 4.74 Å². The van der Waals surface area contributed by atoms with Gasteiger partial charge in [0.15, 0.2) is 0 Å². The van der Waals surface area contributed by atoms with Gasteiger partial charge in [-0.3, -0.25) is 9.69 Å². The number of ether oxygens (including phenoxy) is 1. The fourth-order valence-corrected chi connectivity index (χ4v) is 4.51. The molecule has 1 aromatic rings. The first kappa shape index (κ1) is 20.4. The summed E-state index contributed by atoms with van der Waals surface area (Å²) in [5.41, 5.74) is 0.825. The van der Waals surface area contributed by atoms with Gasteiger partial charge in [0.05, 0.1) is 0 Å². The average molecular weight is 356 g/mol. The molecule has 1 aliphatic carbocycles. The number of hydrogen-bond acceptors (Lipinski definition) is 3. The lowest BCUT2D eigenvalue weighted by molar-refractivity contribution is -0.172. The zero-order valence-electron chi connectivity index (χ0n) is 16.3. The zero-order valence-corrected chi connectivity index (χ0v) is 16.3. The van der Waals surface area contributed by atoms with Crippen molar-refractivity contribution in [3.63, 3.8) is 0 Å². The van der Waals surface area contributed by atoms with E-state index in [1.807, 2.05) is 18.2 Å². The summed E-state index contributed by atoms with van der Waals surface area (Å²) in [6.45, 7) is 14.0. The summed E-state index contributed by atoms with van der Waals surface area (Å²) in [6.07, 6.45) is 8.10. The summed E-state index contributed by atoms with van der Waals surface area (Å²) < 4.78 is 6.15. The Morgan fingerprint density at radius 2 is 1.92 bits per heavy atom. The quantitative estimate of drug-likeness (QED) is 0.463. The van der Waals surface area contributed by atoms with E-state index in [0.29, 0.717) is 0 Å². The molecule has 26 heavy (non-hydrogen) atoms. The van der Waals surface area contributed by atoms with Crippen LogP contribution in [0.4, 0.5) is 0 Å². The fourth-order valence-electron chi connectivity index (χ4n) is 4.51. The standard InChI is InChI=1S/C23H33NO2/c1-5-16-24(17-6-2)18-19(3)23(26-20(4)25)15-11-10-14-22(23)21-12-8-7-9-13-21/h5-9,12-13,19,22H,1-2,10-11,14-18H2,3-4H3. The van der Waals surface area contributed by atoms with Gasteiger partial charge < -0.3 is 4.74 Å². The normalized spacial score (nSPS) is 24.0. The lowest BCUT2D eigenvalue weighted by atomic mass is 9.66. The van der Waals surface area contributed by atoms with Gasteiger partial charge in [0.2, 0.25) is 0 Å². The molecule has 0 heterocycles. The molecule has 0 amide bonds. The molecule has 3 unspecified atom stereocenters. The van der Waals surface area contributed by atoms with Crippen molar-refractivity contribution in [1.82, 2.24) is 4.90 Å². The van der Waals surface area contributed by atoms with E-state index in [1.165, 1.54) is 18.9 Å². The van der Waals surface area contributed by atoms with Crippen LogP contribution < -0.4 is 0 Å². The predicted molar refractivity (Wildman–Crippen MR) is 108 cm³/mol. The van der Waals surface area contributed by atoms with Crippen LogP contribution in [0.3, 0.4) is 0 Å². The van der Waals surface area contributed by atoms with Crippen LogP contribution >= 0.6 is 0 Å². The maximum absolute atomic E-state index is 12.1. The smallest absolute Gasteiger partial charge is 0.303 e. The van der Waals surface area contributed by atoms with E-state index in [0.717, 1.165) is 38.9 Å². The molecule has 0 spiro atoms. The molecule has 1 aromatic carbocycles. The zero-order chi connectivity index (χ0) is 19.0. The van der Waals surface area contributed by atoms with Crippen molar-refractivity contribution in [2.75, 3.05) is 19.6 Å². The van der Waals surface area contributed by atoms with Crippen LogP contribution in [0.2, 0.25) is 0 Å². The summed E-state index contributed by atoms with van der Waals surface area (Å²) in [4.78, 5) is 14.4. The molecule has 2 rings (SSSR count). The summed E-state index contributed by atoms with van der Waals surface area (Å²) in [5.74, 6) is 0.279. The van der Waals surface area contributed by atoms with E-state index in [-0.39, 0.29) is 17.8 Å². The van der Waals surface area contributed by atoms with E-state index in [2.05, 4.69) is 49.2 Å². The van der Waals surface area contributed by atoms with Crippen molar-refractivity contribution < 1.29 is 9.53 Å². The SMILES string of the molecule is C=CCN(CC=C)CC(C)C1(OC(C)=O)CCCCC1c1ccccc1. The number of hydrogen-bond donors (Lipinski definition) is 0. The molecule has 1 saturated carbocycles. The third-order valence-corrected chi connectivity index (χ3v) is 5.58. The van der Waals surface area contributed by atoms with Crippen molar-refractivity contribution in [2.45, 2.75) is 51.0 Å². The van der Waals surface area contributed by atoms with Crippen molar-refractivity contribution >= 4 is 5.97 Å². The highest BCUT2D eigenvalue weighted by Crippen LogP contribution is 2.48. The number of rotatable bonds is 9. The van der Waals surface area contributed by atoms with Crippen molar-refractivity contribution in [3.05, 3.63) is 61.2 Å². The Kier molecular flexibility index (Phi) is 7.65. The van der Waals surface area contributed by atoms with Gasteiger partial charge in [-0.1, -0.05) is 55.8 Å². The minimum absolute atomic E-state index is 0.182. The molecule has 0 bridgehead atoms. The van der Waals surface area contributed by atoms with Gasteiger partial charge in [0.1, 0.15) is 5.60 Å². The van der Waals surface area contributed by atoms with Gasteiger partial charge in [-0.25, -0.2) is 0 Å². The summed E-state index contributed by atoms with van der Waals surface area (Å²) in [5, 5.41) is 0. The molecule has 3 heteroatoms. The number of esters is 1. The van der Waals surface area contributed by atoms with Gasteiger partial charge in [-0.05, 0) is 24.8 Å². The van der Waals surface area contributed by atoms with Crippen LogP contribution in [0.5, 0.6) is 0 Å². The molecule has 1 fully saturated rings. The van der Waals surface area contributed by atoms with Crippen molar-refractivity contribution in [3.8, 4) is 0 Å². The van der Waals surface area contributed by atoms with Crippen LogP contribution in [0.1, 0.15) is 51.0 Å². The van der Waals surface area contributed by atoms with Crippen LogP contribution in [-0.2, 0) is 9.53 Å². The summed E-state index contributed by atoms with van der Waals surface area (Å²) >= 11 is 0. The third kappa shape index (κ3) is 4.85. The van der Waals surface area contributed by atoms with E-state index >= 15 is 0 Å². The fraction of sp³-hybridized carbons (Fsp3) is 0.522. The van der Waals surface area contributed by atoms with Gasteiger partial charge in [-0.2, -0.15) is 0 Å². The third-order valence-electron chi connectivity index (χ3n) is 5.58. The largest absolute Gasteiger partial charge is 0.458 e. The maximum Gasteiger partial charge on any atom is 0.303 e. The molecule has 0 N–H and O–H groups in total. The Bertz CT molecular complexity index is 587. The molecule has 0 radical (unpaired) electrons. The maximum atomic E-state index is 12.1. The predicted octanol–water partition coefficient (Wildman–Crippen LogP) is 4.96. The van der Waals surface area contributed by atoms with Gasteiger partial charge in [-0.15, -0.1) is 13.2 Å². The molecule has 142 valence electrons. The number of nitrogens with zero attached hydrogens (tertiary/aromatic N) is 1. The highest BCUT2D eigenvalue weighted by molar-refractivity contribution is 5.67. The Hall–Kier alpha value is -1.87. The first-order chi connectivity index (χ1) is 12.5. The molecule has 0 aliphatic heterocycles.